The standard InChI is InChI=1S/C30H45N5O11/c1-16(36)20(31)26(41)33-13-6-12-32-21(28(42)46-30(2,3)4)22(38)25-23(39)24(40)27(45-25)34-14-11-19(37)35(29(34)43)15-17-7-9-18(44-5)10-8-17/h7-11,14,16,20-25,27,32,36,38-40H,6,12-13,15,31H2,1-5H3,(H,33,41)/t16-,20-,21-,22+,23-,24+,25?,27+/m0/s1. The first kappa shape index (κ1) is 36.8. The largest absolute Gasteiger partial charge is 0.497 e. The van der Waals surface area contributed by atoms with Gasteiger partial charge in [-0.25, -0.2) is 4.79 Å². The zero-order valence-electron chi connectivity index (χ0n) is 26.5. The zero-order valence-corrected chi connectivity index (χ0v) is 26.5. The molecule has 1 aromatic heterocycles. The number of methoxy groups -OCH3 is 1. The van der Waals surface area contributed by atoms with Crippen molar-refractivity contribution in [2.24, 2.45) is 5.73 Å². The predicted octanol–water partition coefficient (Wildman–Crippen LogP) is -2.44. The van der Waals surface area contributed by atoms with Crippen LogP contribution in [0, 0.1) is 0 Å². The molecule has 1 amide bonds. The summed E-state index contributed by atoms with van der Waals surface area (Å²) in [5, 5.41) is 48.0. The monoisotopic (exact) mass is 651 g/mol. The van der Waals surface area contributed by atoms with Gasteiger partial charge < -0.3 is 51.0 Å². The van der Waals surface area contributed by atoms with Crippen molar-refractivity contribution in [1.29, 1.82) is 0 Å². The van der Waals surface area contributed by atoms with Crippen LogP contribution < -0.4 is 32.4 Å². The van der Waals surface area contributed by atoms with E-state index in [1.54, 1.807) is 45.0 Å². The number of carbonyl (C=O) groups is 2. The van der Waals surface area contributed by atoms with Crippen molar-refractivity contribution in [1.82, 2.24) is 19.8 Å². The lowest BCUT2D eigenvalue weighted by atomic mass is 9.99. The Labute approximate surface area is 265 Å². The maximum absolute atomic E-state index is 13.4. The number of aliphatic hydroxyl groups is 4. The number of benzene rings is 1. The Morgan fingerprint density at radius 2 is 1.72 bits per heavy atom. The Morgan fingerprint density at radius 1 is 1.07 bits per heavy atom. The molecule has 16 nitrogen and oxygen atoms in total. The molecule has 1 fully saturated rings. The number of amides is 1. The van der Waals surface area contributed by atoms with E-state index in [0.29, 0.717) is 11.3 Å². The number of ether oxygens (including phenoxy) is 3. The predicted molar refractivity (Wildman–Crippen MR) is 164 cm³/mol. The molecule has 0 spiro atoms. The van der Waals surface area contributed by atoms with Crippen LogP contribution in [0.1, 0.15) is 45.9 Å². The van der Waals surface area contributed by atoms with Crippen LogP contribution in [-0.2, 0) is 25.6 Å². The summed E-state index contributed by atoms with van der Waals surface area (Å²) in [6, 6.07) is 5.25. The van der Waals surface area contributed by atoms with Gasteiger partial charge in [-0.05, 0) is 58.4 Å². The topological polar surface area (TPSA) is 237 Å². The van der Waals surface area contributed by atoms with Gasteiger partial charge in [-0.15, -0.1) is 0 Å². The van der Waals surface area contributed by atoms with Gasteiger partial charge in [-0.1, -0.05) is 12.1 Å². The lowest BCUT2D eigenvalue weighted by molar-refractivity contribution is -0.166. The third-order valence-corrected chi connectivity index (χ3v) is 7.32. The summed E-state index contributed by atoms with van der Waals surface area (Å²) in [6.07, 6.45) is -7.99. The van der Waals surface area contributed by atoms with E-state index >= 15 is 0 Å². The second-order valence-electron chi connectivity index (χ2n) is 12.1. The van der Waals surface area contributed by atoms with Gasteiger partial charge in [-0.2, -0.15) is 0 Å². The highest BCUT2D eigenvalue weighted by atomic mass is 16.6. The minimum absolute atomic E-state index is 0.0791. The number of nitrogens with zero attached hydrogens (tertiary/aromatic N) is 2. The number of rotatable bonds is 14. The molecule has 8 atom stereocenters. The first-order valence-corrected chi connectivity index (χ1v) is 14.9. The van der Waals surface area contributed by atoms with E-state index in [-0.39, 0.29) is 26.1 Å². The number of esters is 1. The van der Waals surface area contributed by atoms with Crippen LogP contribution in [0.25, 0.3) is 0 Å². The number of nitrogens with two attached hydrogens (primary N) is 1. The van der Waals surface area contributed by atoms with E-state index in [1.807, 2.05) is 0 Å². The summed E-state index contributed by atoms with van der Waals surface area (Å²) < 4.78 is 18.2. The first-order valence-electron chi connectivity index (χ1n) is 14.9. The Kier molecular flexibility index (Phi) is 12.6. The van der Waals surface area contributed by atoms with E-state index in [0.717, 1.165) is 21.4 Å². The van der Waals surface area contributed by atoms with Gasteiger partial charge in [0.05, 0.1) is 19.8 Å². The molecular weight excluding hydrogens is 606 g/mol. The molecule has 0 bridgehead atoms. The van der Waals surface area contributed by atoms with Crippen molar-refractivity contribution in [2.45, 2.75) is 95.1 Å². The highest BCUT2D eigenvalue weighted by molar-refractivity contribution is 5.82. The molecule has 1 unspecified atom stereocenters. The highest BCUT2D eigenvalue weighted by Crippen LogP contribution is 2.31. The summed E-state index contributed by atoms with van der Waals surface area (Å²) in [6.45, 7) is 6.37. The van der Waals surface area contributed by atoms with Crippen molar-refractivity contribution in [3.8, 4) is 5.75 Å². The fourth-order valence-corrected chi connectivity index (χ4v) is 4.77. The van der Waals surface area contributed by atoms with E-state index in [2.05, 4.69) is 10.6 Å². The van der Waals surface area contributed by atoms with Gasteiger partial charge in [0.15, 0.2) is 6.23 Å². The van der Waals surface area contributed by atoms with Crippen molar-refractivity contribution in [3.05, 3.63) is 62.9 Å². The molecular formula is C30H45N5O11. The van der Waals surface area contributed by atoms with Crippen LogP contribution in [-0.4, -0.2) is 110 Å². The van der Waals surface area contributed by atoms with Gasteiger partial charge in [0, 0.05) is 18.8 Å². The Bertz CT molecular complexity index is 1440. The van der Waals surface area contributed by atoms with E-state index in [9.17, 15) is 39.6 Å². The van der Waals surface area contributed by atoms with Crippen LogP contribution in [0.2, 0.25) is 0 Å². The Morgan fingerprint density at radius 3 is 2.30 bits per heavy atom. The summed E-state index contributed by atoms with van der Waals surface area (Å²) in [5.41, 5.74) is 3.84. The van der Waals surface area contributed by atoms with Crippen LogP contribution in [0.4, 0.5) is 0 Å². The van der Waals surface area contributed by atoms with E-state index in [4.69, 9.17) is 19.9 Å². The Balaban J connectivity index is 1.78. The molecule has 16 heteroatoms. The van der Waals surface area contributed by atoms with Crippen LogP contribution >= 0.6 is 0 Å². The van der Waals surface area contributed by atoms with Crippen LogP contribution in [0.15, 0.2) is 46.1 Å². The maximum atomic E-state index is 13.4. The van der Waals surface area contributed by atoms with Gasteiger partial charge in [0.2, 0.25) is 5.91 Å². The molecule has 1 aliphatic rings. The lowest BCUT2D eigenvalue weighted by Crippen LogP contribution is -2.56. The maximum Gasteiger partial charge on any atom is 0.333 e. The highest BCUT2D eigenvalue weighted by Gasteiger charge is 2.50. The van der Waals surface area contributed by atoms with Crippen molar-refractivity contribution in [3.63, 3.8) is 0 Å². The molecule has 8 N–H and O–H groups in total. The Hall–Kier alpha value is -3.64. The second kappa shape index (κ2) is 15.8. The van der Waals surface area contributed by atoms with Crippen molar-refractivity contribution in [2.75, 3.05) is 20.2 Å². The van der Waals surface area contributed by atoms with Gasteiger partial charge in [0.1, 0.15) is 47.9 Å². The smallest absolute Gasteiger partial charge is 0.333 e. The van der Waals surface area contributed by atoms with Gasteiger partial charge >= 0.3 is 11.7 Å². The molecule has 256 valence electrons. The number of nitrogens with one attached hydrogen (secondary N) is 2. The third kappa shape index (κ3) is 9.22. The molecule has 0 radical (unpaired) electrons. The molecule has 1 aromatic carbocycles. The summed E-state index contributed by atoms with van der Waals surface area (Å²) >= 11 is 0. The minimum atomic E-state index is -1.77. The van der Waals surface area contributed by atoms with E-state index < -0.39 is 77.6 Å². The lowest BCUT2D eigenvalue weighted by Gasteiger charge is -2.31. The average Bonchev–Trinajstić information content (AvgIpc) is 3.28. The molecule has 0 saturated carbocycles. The zero-order chi connectivity index (χ0) is 34.3. The fourth-order valence-electron chi connectivity index (χ4n) is 4.77. The molecule has 1 saturated heterocycles. The molecule has 1 aliphatic heterocycles. The molecule has 2 heterocycles. The normalized spacial score (nSPS) is 22.5. The van der Waals surface area contributed by atoms with Crippen molar-refractivity contribution < 1.29 is 44.2 Å². The molecule has 0 aliphatic carbocycles. The van der Waals surface area contributed by atoms with Gasteiger partial charge in [0.25, 0.3) is 5.56 Å². The quantitative estimate of drug-likeness (QED) is 0.0832. The SMILES string of the molecule is COc1ccc(Cn2c(=O)ccn([C@@H]3OC([C@H](O)[C@H](NCCCNC(=O)[C@@H](N)[C@H](C)O)C(=O)OC(C)(C)C)[C@@H](O)[C@H]3O)c2=O)cc1. The average molecular weight is 652 g/mol. The number of carbonyl (C=O) groups excluding carboxylic acids is 2. The summed E-state index contributed by atoms with van der Waals surface area (Å²) in [4.78, 5) is 51.1. The number of hydrogen-bond acceptors (Lipinski definition) is 13. The number of aromatic nitrogens is 2. The van der Waals surface area contributed by atoms with E-state index in [1.165, 1.54) is 14.0 Å². The summed E-state index contributed by atoms with van der Waals surface area (Å²) in [7, 11) is 1.51. The van der Waals surface area contributed by atoms with Crippen molar-refractivity contribution >= 4 is 11.9 Å². The number of aliphatic hydroxyl groups excluding tert-OH is 4. The first-order chi connectivity index (χ1) is 21.5. The molecule has 2 aromatic rings. The van der Waals surface area contributed by atoms with Crippen LogP contribution in [0.3, 0.4) is 0 Å². The fraction of sp³-hybridized carbons (Fsp3) is 0.600. The second-order valence-corrected chi connectivity index (χ2v) is 12.1. The minimum Gasteiger partial charge on any atom is -0.497 e. The molecule has 46 heavy (non-hydrogen) atoms. The molecule has 3 rings (SSSR count). The van der Waals surface area contributed by atoms with Crippen LogP contribution in [0.5, 0.6) is 5.75 Å². The number of hydrogen-bond donors (Lipinski definition) is 7. The summed E-state index contributed by atoms with van der Waals surface area (Å²) in [5.74, 6) is -0.850. The van der Waals surface area contributed by atoms with Gasteiger partial charge in [-0.3, -0.25) is 23.5 Å². The third-order valence-electron chi connectivity index (χ3n) is 7.32.